The number of carbonyl (C=O) groups is 2. The fourth-order valence-electron chi connectivity index (χ4n) is 4.63. The predicted octanol–water partition coefficient (Wildman–Crippen LogP) is 7.22. The maximum Gasteiger partial charge on any atom is 0.293 e. The first-order valence-electron chi connectivity index (χ1n) is 11.6. The molecule has 2 amide bonds. The van der Waals surface area contributed by atoms with Crippen LogP contribution in [0.3, 0.4) is 0 Å². The van der Waals surface area contributed by atoms with Crippen LogP contribution >= 0.6 is 11.8 Å². The zero-order valence-electron chi connectivity index (χ0n) is 19.2. The number of para-hydroxylation sites is 1. The minimum atomic E-state index is -0.433. The first kappa shape index (κ1) is 22.3. The Bertz CT molecular complexity index is 1690. The number of aromatic nitrogens is 1. The van der Waals surface area contributed by atoms with Crippen molar-refractivity contribution in [3.05, 3.63) is 125 Å². The fraction of sp³-hybridized carbons (Fsp3) is 0.0667. The van der Waals surface area contributed by atoms with Gasteiger partial charge in [-0.05, 0) is 52.4 Å². The van der Waals surface area contributed by atoms with Gasteiger partial charge in [-0.1, -0.05) is 72.8 Å². The zero-order chi connectivity index (χ0) is 24.6. The van der Waals surface area contributed by atoms with Crippen LogP contribution < -0.4 is 0 Å². The highest BCUT2D eigenvalue weighted by atomic mass is 32.2. The SMILES string of the molecule is O=C1S/C(=C\c2cn(Cc3ccc4ccccc4c3)c3ccccc23)C(=O)N1Cc1ccccc1F. The third kappa shape index (κ3) is 4.10. The van der Waals surface area contributed by atoms with Crippen LogP contribution in [0.15, 0.2) is 102 Å². The summed E-state index contributed by atoms with van der Waals surface area (Å²) in [4.78, 5) is 27.1. The molecule has 1 aliphatic heterocycles. The third-order valence-corrected chi connectivity index (χ3v) is 7.34. The number of benzene rings is 4. The second-order valence-corrected chi connectivity index (χ2v) is 9.76. The Balaban J connectivity index is 1.32. The summed E-state index contributed by atoms with van der Waals surface area (Å²) in [5.41, 5.74) is 3.39. The van der Waals surface area contributed by atoms with Gasteiger partial charge < -0.3 is 4.57 Å². The third-order valence-electron chi connectivity index (χ3n) is 6.43. The maximum absolute atomic E-state index is 14.1. The van der Waals surface area contributed by atoms with Crippen molar-refractivity contribution in [2.75, 3.05) is 0 Å². The molecule has 176 valence electrons. The number of thioether (sulfide) groups is 1. The lowest BCUT2D eigenvalue weighted by Crippen LogP contribution is -2.27. The van der Waals surface area contributed by atoms with Gasteiger partial charge in [0.25, 0.3) is 11.1 Å². The summed E-state index contributed by atoms with van der Waals surface area (Å²) < 4.78 is 16.3. The quantitative estimate of drug-likeness (QED) is 0.243. The number of rotatable bonds is 5. The Kier molecular flexibility index (Phi) is 5.66. The van der Waals surface area contributed by atoms with Crippen molar-refractivity contribution in [3.8, 4) is 0 Å². The van der Waals surface area contributed by atoms with E-state index in [1.165, 1.54) is 22.4 Å². The number of imide groups is 1. The molecule has 2 heterocycles. The van der Waals surface area contributed by atoms with Gasteiger partial charge in [-0.3, -0.25) is 14.5 Å². The Labute approximate surface area is 211 Å². The van der Waals surface area contributed by atoms with Crippen molar-refractivity contribution < 1.29 is 14.0 Å². The molecule has 1 saturated heterocycles. The highest BCUT2D eigenvalue weighted by molar-refractivity contribution is 8.18. The molecule has 0 bridgehead atoms. The topological polar surface area (TPSA) is 42.3 Å². The van der Waals surface area contributed by atoms with E-state index in [0.29, 0.717) is 17.0 Å². The van der Waals surface area contributed by atoms with E-state index < -0.39 is 17.0 Å². The van der Waals surface area contributed by atoms with E-state index >= 15 is 0 Å². The van der Waals surface area contributed by atoms with E-state index in [1.54, 1.807) is 24.3 Å². The lowest BCUT2D eigenvalue weighted by Gasteiger charge is -2.12. The number of nitrogens with zero attached hydrogens (tertiary/aromatic N) is 2. The first-order chi connectivity index (χ1) is 17.6. The normalized spacial score (nSPS) is 15.0. The van der Waals surface area contributed by atoms with Gasteiger partial charge in [0.2, 0.25) is 0 Å². The van der Waals surface area contributed by atoms with Gasteiger partial charge in [-0.25, -0.2) is 4.39 Å². The Morgan fingerprint density at radius 2 is 1.56 bits per heavy atom. The minimum Gasteiger partial charge on any atom is -0.342 e. The molecular weight excluding hydrogens is 471 g/mol. The average Bonchev–Trinajstić information content (AvgIpc) is 3.37. The Hall–Kier alpha value is -4.16. The van der Waals surface area contributed by atoms with E-state index in [0.717, 1.165) is 33.1 Å². The molecule has 6 heteroatoms. The highest BCUT2D eigenvalue weighted by Crippen LogP contribution is 2.35. The van der Waals surface area contributed by atoms with Crippen LogP contribution in [0.1, 0.15) is 16.7 Å². The van der Waals surface area contributed by atoms with Gasteiger partial charge in [-0.15, -0.1) is 0 Å². The van der Waals surface area contributed by atoms with E-state index in [2.05, 4.69) is 41.0 Å². The van der Waals surface area contributed by atoms with Gasteiger partial charge in [0, 0.05) is 34.8 Å². The number of amides is 2. The molecule has 4 nitrogen and oxygen atoms in total. The summed E-state index contributed by atoms with van der Waals surface area (Å²) in [5, 5.41) is 2.99. The van der Waals surface area contributed by atoms with Crippen molar-refractivity contribution in [1.29, 1.82) is 0 Å². The largest absolute Gasteiger partial charge is 0.342 e. The van der Waals surface area contributed by atoms with Gasteiger partial charge in [0.15, 0.2) is 0 Å². The molecule has 0 radical (unpaired) electrons. The van der Waals surface area contributed by atoms with Crippen LogP contribution in [-0.2, 0) is 17.9 Å². The smallest absolute Gasteiger partial charge is 0.293 e. The molecule has 5 aromatic rings. The number of fused-ring (bicyclic) bond motifs is 2. The van der Waals surface area contributed by atoms with E-state index in [4.69, 9.17) is 0 Å². The molecule has 0 atom stereocenters. The zero-order valence-corrected chi connectivity index (χ0v) is 20.0. The molecular formula is C30H21FN2O2S. The molecule has 1 fully saturated rings. The van der Waals surface area contributed by atoms with E-state index in [9.17, 15) is 14.0 Å². The summed E-state index contributed by atoms with van der Waals surface area (Å²) in [6.45, 7) is 0.590. The summed E-state index contributed by atoms with van der Waals surface area (Å²) in [6.07, 6.45) is 3.79. The lowest BCUT2D eigenvalue weighted by atomic mass is 10.1. The highest BCUT2D eigenvalue weighted by Gasteiger charge is 2.35. The van der Waals surface area contributed by atoms with Crippen molar-refractivity contribution in [2.45, 2.75) is 13.1 Å². The molecule has 0 unspecified atom stereocenters. The average molecular weight is 493 g/mol. The van der Waals surface area contributed by atoms with Crippen LogP contribution in [0.4, 0.5) is 9.18 Å². The lowest BCUT2D eigenvalue weighted by molar-refractivity contribution is -0.123. The van der Waals surface area contributed by atoms with E-state index in [-0.39, 0.29) is 6.54 Å². The van der Waals surface area contributed by atoms with Gasteiger partial charge in [0.05, 0.1) is 11.4 Å². The van der Waals surface area contributed by atoms with Crippen molar-refractivity contribution in [2.24, 2.45) is 0 Å². The Morgan fingerprint density at radius 3 is 2.42 bits per heavy atom. The van der Waals surface area contributed by atoms with Crippen LogP contribution in [0.25, 0.3) is 27.8 Å². The van der Waals surface area contributed by atoms with Crippen molar-refractivity contribution >= 4 is 50.7 Å². The van der Waals surface area contributed by atoms with E-state index in [1.807, 2.05) is 36.5 Å². The van der Waals surface area contributed by atoms with Gasteiger partial charge >= 0.3 is 0 Å². The summed E-state index contributed by atoms with van der Waals surface area (Å²) in [5.74, 6) is -0.836. The van der Waals surface area contributed by atoms with Crippen molar-refractivity contribution in [3.63, 3.8) is 0 Å². The fourth-order valence-corrected chi connectivity index (χ4v) is 5.46. The first-order valence-corrected chi connectivity index (χ1v) is 12.4. The molecule has 6 rings (SSSR count). The van der Waals surface area contributed by atoms with Crippen LogP contribution in [0.5, 0.6) is 0 Å². The molecule has 4 aromatic carbocycles. The molecule has 0 N–H and O–H groups in total. The number of halogens is 1. The molecule has 1 aliphatic rings. The summed E-state index contributed by atoms with van der Waals surface area (Å²) in [7, 11) is 0. The summed E-state index contributed by atoms with van der Waals surface area (Å²) in [6, 6.07) is 28.9. The second-order valence-electron chi connectivity index (χ2n) is 8.77. The standard InChI is InChI=1S/C30H21FN2O2S/c31-26-11-5-3-9-23(26)19-33-29(34)28(36-30(33)35)16-24-18-32(27-12-6-4-10-25(24)27)17-20-13-14-21-7-1-2-8-22(21)15-20/h1-16,18H,17,19H2/b28-16-. The monoisotopic (exact) mass is 492 g/mol. The van der Waals surface area contributed by atoms with Crippen LogP contribution in [-0.4, -0.2) is 20.6 Å². The van der Waals surface area contributed by atoms with Crippen LogP contribution in [0.2, 0.25) is 0 Å². The molecule has 36 heavy (non-hydrogen) atoms. The van der Waals surface area contributed by atoms with Gasteiger partial charge in [-0.2, -0.15) is 0 Å². The van der Waals surface area contributed by atoms with Crippen molar-refractivity contribution in [1.82, 2.24) is 9.47 Å². The number of hydrogen-bond donors (Lipinski definition) is 0. The van der Waals surface area contributed by atoms with Gasteiger partial charge in [0.1, 0.15) is 5.82 Å². The number of hydrogen-bond acceptors (Lipinski definition) is 3. The predicted molar refractivity (Wildman–Crippen MR) is 143 cm³/mol. The van der Waals surface area contributed by atoms with Crippen LogP contribution in [0, 0.1) is 5.82 Å². The molecule has 1 aromatic heterocycles. The molecule has 0 saturated carbocycles. The Morgan fingerprint density at radius 1 is 0.806 bits per heavy atom. The molecule has 0 aliphatic carbocycles. The minimum absolute atomic E-state index is 0.0849. The number of carbonyl (C=O) groups excluding carboxylic acids is 2. The molecule has 0 spiro atoms. The second kappa shape index (κ2) is 9.13. The maximum atomic E-state index is 14.1. The summed E-state index contributed by atoms with van der Waals surface area (Å²) >= 11 is 0.892.